The van der Waals surface area contributed by atoms with Gasteiger partial charge in [0, 0.05) is 6.54 Å². The van der Waals surface area contributed by atoms with Crippen molar-refractivity contribution in [3.05, 3.63) is 47.4 Å². The third-order valence-corrected chi connectivity index (χ3v) is 4.29. The largest absolute Gasteiger partial charge is 0.332 e. The van der Waals surface area contributed by atoms with Crippen LogP contribution in [0.3, 0.4) is 0 Å². The summed E-state index contributed by atoms with van der Waals surface area (Å²) < 4.78 is 26.4. The van der Waals surface area contributed by atoms with Gasteiger partial charge < -0.3 is 4.98 Å². The number of H-pyrrole nitrogens is 1. The molecule has 2 rings (SSSR count). The number of nitrogens with zero attached hydrogens (tertiary/aromatic N) is 1. The first-order chi connectivity index (χ1) is 8.99. The first-order valence-corrected chi connectivity index (χ1v) is 7.53. The maximum absolute atomic E-state index is 11.9. The van der Waals surface area contributed by atoms with Crippen LogP contribution in [0.4, 0.5) is 0 Å². The van der Waals surface area contributed by atoms with Gasteiger partial charge in [0.05, 0.1) is 6.20 Å². The highest BCUT2D eigenvalue weighted by Crippen LogP contribution is 2.08. The van der Waals surface area contributed by atoms with Gasteiger partial charge in [0.1, 0.15) is 5.82 Å². The van der Waals surface area contributed by atoms with Crippen molar-refractivity contribution in [2.75, 3.05) is 6.54 Å². The molecule has 0 amide bonds. The van der Waals surface area contributed by atoms with Crippen LogP contribution in [-0.4, -0.2) is 24.9 Å². The van der Waals surface area contributed by atoms with Crippen molar-refractivity contribution in [2.24, 2.45) is 0 Å². The number of benzene rings is 1. The summed E-state index contributed by atoms with van der Waals surface area (Å²) in [6.07, 6.45) is 1.99. The lowest BCUT2D eigenvalue weighted by molar-refractivity contribution is 0.578. The van der Waals surface area contributed by atoms with Gasteiger partial charge in [-0.05, 0) is 31.4 Å². The van der Waals surface area contributed by atoms with Crippen molar-refractivity contribution >= 4 is 10.0 Å². The molecule has 0 aliphatic carbocycles. The Morgan fingerprint density at radius 1 is 1.26 bits per heavy atom. The maximum atomic E-state index is 11.9. The molecule has 5 nitrogen and oxygen atoms in total. The number of sulfonamides is 1. The first kappa shape index (κ1) is 13.8. The van der Waals surface area contributed by atoms with Gasteiger partial charge in [-0.2, -0.15) is 0 Å². The molecule has 0 spiro atoms. The molecule has 0 aliphatic heterocycles. The molecule has 0 unspecified atom stereocenters. The van der Waals surface area contributed by atoms with E-state index in [1.807, 2.05) is 31.2 Å². The molecule has 2 N–H and O–H groups in total. The molecule has 19 heavy (non-hydrogen) atoms. The molecular weight excluding hydrogens is 262 g/mol. The zero-order chi connectivity index (χ0) is 13.9. The number of hydrogen-bond donors (Lipinski definition) is 2. The molecule has 1 heterocycles. The lowest BCUT2D eigenvalue weighted by atomic mass is 10.1. The number of aromatic nitrogens is 2. The first-order valence-electron chi connectivity index (χ1n) is 6.05. The monoisotopic (exact) mass is 279 g/mol. The van der Waals surface area contributed by atoms with Crippen molar-refractivity contribution in [1.29, 1.82) is 0 Å². The zero-order valence-corrected chi connectivity index (χ0v) is 11.8. The summed E-state index contributed by atoms with van der Waals surface area (Å²) >= 11 is 0. The molecule has 0 bridgehead atoms. The average Bonchev–Trinajstić information content (AvgIpc) is 2.79. The smallest absolute Gasteiger partial charge is 0.257 e. The van der Waals surface area contributed by atoms with Gasteiger partial charge in [0.25, 0.3) is 10.0 Å². The van der Waals surface area contributed by atoms with E-state index in [9.17, 15) is 8.42 Å². The highest BCUT2D eigenvalue weighted by atomic mass is 32.2. The van der Waals surface area contributed by atoms with Crippen molar-refractivity contribution < 1.29 is 8.42 Å². The lowest BCUT2D eigenvalue weighted by Crippen LogP contribution is -2.26. The molecule has 0 radical (unpaired) electrons. The normalized spacial score (nSPS) is 11.7. The summed E-state index contributed by atoms with van der Waals surface area (Å²) in [5.74, 6) is 0.583. The molecule has 1 aromatic carbocycles. The minimum atomic E-state index is -3.49. The Morgan fingerprint density at radius 3 is 2.63 bits per heavy atom. The van der Waals surface area contributed by atoms with E-state index in [1.165, 1.54) is 11.8 Å². The van der Waals surface area contributed by atoms with Crippen molar-refractivity contribution in [2.45, 2.75) is 25.3 Å². The Morgan fingerprint density at radius 2 is 2.00 bits per heavy atom. The predicted octanol–water partition coefficient (Wildman–Crippen LogP) is 1.55. The fourth-order valence-electron chi connectivity index (χ4n) is 1.82. The van der Waals surface area contributed by atoms with E-state index in [1.54, 1.807) is 6.92 Å². The second-order valence-electron chi connectivity index (χ2n) is 4.41. The fourth-order valence-corrected chi connectivity index (χ4v) is 2.82. The number of aryl methyl sites for hydroxylation is 2. The van der Waals surface area contributed by atoms with Gasteiger partial charge >= 0.3 is 0 Å². The van der Waals surface area contributed by atoms with Crippen LogP contribution in [0.5, 0.6) is 0 Å². The predicted molar refractivity (Wildman–Crippen MR) is 73.4 cm³/mol. The van der Waals surface area contributed by atoms with Crippen molar-refractivity contribution in [3.63, 3.8) is 0 Å². The molecule has 1 aromatic heterocycles. The summed E-state index contributed by atoms with van der Waals surface area (Å²) in [6, 6.07) is 7.94. The van der Waals surface area contributed by atoms with Crippen LogP contribution in [0.1, 0.15) is 17.0 Å². The van der Waals surface area contributed by atoms with Crippen LogP contribution in [0, 0.1) is 13.8 Å². The topological polar surface area (TPSA) is 74.8 Å². The molecule has 0 aliphatic rings. The summed E-state index contributed by atoms with van der Waals surface area (Å²) in [5.41, 5.74) is 2.31. The van der Waals surface area contributed by atoms with Gasteiger partial charge in [0.2, 0.25) is 0 Å². The molecular formula is C13H17N3O2S. The second-order valence-corrected chi connectivity index (χ2v) is 6.14. The van der Waals surface area contributed by atoms with Crippen LogP contribution in [0.2, 0.25) is 0 Å². The van der Waals surface area contributed by atoms with E-state index in [2.05, 4.69) is 14.7 Å². The third-order valence-electron chi connectivity index (χ3n) is 2.92. The van der Waals surface area contributed by atoms with Gasteiger partial charge in [-0.1, -0.05) is 24.3 Å². The Kier molecular flexibility index (Phi) is 4.01. The van der Waals surface area contributed by atoms with Crippen molar-refractivity contribution in [1.82, 2.24) is 14.7 Å². The molecule has 102 valence electrons. The highest BCUT2D eigenvalue weighted by molar-refractivity contribution is 7.89. The number of hydrogen-bond acceptors (Lipinski definition) is 3. The van der Waals surface area contributed by atoms with Crippen molar-refractivity contribution in [3.8, 4) is 0 Å². The standard InChI is InChI=1S/C13H17N3O2S/c1-10-5-3-4-6-12(10)7-8-15-19(17,18)13-9-14-11(2)16-13/h3-6,9,15H,7-8H2,1-2H3,(H,14,16). The third kappa shape index (κ3) is 3.42. The number of aromatic amines is 1. The SMILES string of the molecule is Cc1ncc(S(=O)(=O)NCCc2ccccc2C)[nH]1. The van der Waals surface area contributed by atoms with Crippen LogP contribution < -0.4 is 4.72 Å². The Balaban J connectivity index is 1.98. The quantitative estimate of drug-likeness (QED) is 0.872. The lowest BCUT2D eigenvalue weighted by Gasteiger charge is -2.07. The van der Waals surface area contributed by atoms with E-state index in [0.29, 0.717) is 18.8 Å². The average molecular weight is 279 g/mol. The summed E-state index contributed by atoms with van der Waals surface area (Å²) in [7, 11) is -3.49. The van der Waals surface area contributed by atoms with Gasteiger partial charge in [-0.15, -0.1) is 0 Å². The van der Waals surface area contributed by atoms with E-state index < -0.39 is 10.0 Å². The summed E-state index contributed by atoms with van der Waals surface area (Å²) in [5, 5.41) is 0.106. The van der Waals surface area contributed by atoms with Crippen LogP contribution in [0.15, 0.2) is 35.5 Å². The Labute approximate surface area is 113 Å². The van der Waals surface area contributed by atoms with E-state index >= 15 is 0 Å². The molecule has 0 saturated heterocycles. The van der Waals surface area contributed by atoms with E-state index in [0.717, 1.165) is 5.56 Å². The summed E-state index contributed by atoms with van der Waals surface area (Å²) in [4.78, 5) is 6.60. The summed E-state index contributed by atoms with van der Waals surface area (Å²) in [6.45, 7) is 4.10. The van der Waals surface area contributed by atoms with Gasteiger partial charge in [-0.3, -0.25) is 0 Å². The van der Waals surface area contributed by atoms with Crippen LogP contribution >= 0.6 is 0 Å². The Bertz CT molecular complexity index is 662. The van der Waals surface area contributed by atoms with E-state index in [4.69, 9.17) is 0 Å². The minimum Gasteiger partial charge on any atom is -0.332 e. The van der Waals surface area contributed by atoms with E-state index in [-0.39, 0.29) is 5.03 Å². The number of nitrogens with one attached hydrogen (secondary N) is 2. The van der Waals surface area contributed by atoms with Gasteiger partial charge in [-0.25, -0.2) is 18.1 Å². The zero-order valence-electron chi connectivity index (χ0n) is 11.0. The highest BCUT2D eigenvalue weighted by Gasteiger charge is 2.15. The fraction of sp³-hybridized carbons (Fsp3) is 0.308. The Hall–Kier alpha value is -1.66. The van der Waals surface area contributed by atoms with Crippen LogP contribution in [0.25, 0.3) is 0 Å². The maximum Gasteiger partial charge on any atom is 0.257 e. The molecule has 0 saturated carbocycles. The molecule has 2 aromatic rings. The molecule has 0 atom stereocenters. The number of rotatable bonds is 5. The van der Waals surface area contributed by atoms with Crippen LogP contribution in [-0.2, 0) is 16.4 Å². The number of imidazole rings is 1. The molecule has 6 heteroatoms. The second kappa shape index (κ2) is 5.54. The van der Waals surface area contributed by atoms with Gasteiger partial charge in [0.15, 0.2) is 5.03 Å². The molecule has 0 fully saturated rings. The minimum absolute atomic E-state index is 0.106.